The third kappa shape index (κ3) is 3.47. The molecule has 0 aliphatic rings. The second kappa shape index (κ2) is 7.19. The number of nitro groups is 1. The average Bonchev–Trinajstić information content (AvgIpc) is 3.04. The van der Waals surface area contributed by atoms with E-state index in [4.69, 9.17) is 10.5 Å². The Hall–Kier alpha value is -3.46. The number of rotatable bonds is 5. The first-order chi connectivity index (χ1) is 12.5. The van der Waals surface area contributed by atoms with Crippen LogP contribution in [-0.2, 0) is 0 Å². The van der Waals surface area contributed by atoms with E-state index in [1.54, 1.807) is 0 Å². The fraction of sp³-hybridized carbons (Fsp3) is 0.0588. The highest BCUT2D eigenvalue weighted by Gasteiger charge is 2.21. The third-order valence-corrected chi connectivity index (χ3v) is 4.41. The number of nitrogens with one attached hydrogen (secondary N) is 1. The van der Waals surface area contributed by atoms with Crippen LogP contribution in [0.1, 0.15) is 9.67 Å². The fourth-order valence-electron chi connectivity index (χ4n) is 2.38. The molecule has 0 spiro atoms. The number of amides is 1. The van der Waals surface area contributed by atoms with Crippen LogP contribution in [0.25, 0.3) is 11.3 Å². The van der Waals surface area contributed by atoms with Gasteiger partial charge in [0.15, 0.2) is 10.9 Å². The number of nitrogens with zero attached hydrogens (tertiary/aromatic N) is 2. The number of methoxy groups -OCH3 is 1. The normalized spacial score (nSPS) is 10.3. The zero-order valence-corrected chi connectivity index (χ0v) is 14.4. The first-order valence-corrected chi connectivity index (χ1v) is 8.26. The van der Waals surface area contributed by atoms with Crippen molar-refractivity contribution in [1.82, 2.24) is 4.98 Å². The molecule has 0 atom stereocenters. The molecule has 0 radical (unpaired) electrons. The summed E-state index contributed by atoms with van der Waals surface area (Å²) in [5.74, 6) is -0.336. The molecule has 0 aliphatic carbocycles. The second-order valence-corrected chi connectivity index (χ2v) is 6.22. The van der Waals surface area contributed by atoms with Gasteiger partial charge in [-0.3, -0.25) is 14.9 Å². The summed E-state index contributed by atoms with van der Waals surface area (Å²) < 4.78 is 4.95. The Balaban J connectivity index is 1.92. The van der Waals surface area contributed by atoms with E-state index >= 15 is 0 Å². The van der Waals surface area contributed by atoms with Crippen LogP contribution in [0.15, 0.2) is 48.5 Å². The smallest absolute Gasteiger partial charge is 0.312 e. The van der Waals surface area contributed by atoms with Gasteiger partial charge in [0.25, 0.3) is 5.91 Å². The van der Waals surface area contributed by atoms with Crippen LogP contribution in [-0.4, -0.2) is 22.9 Å². The Morgan fingerprint density at radius 3 is 2.65 bits per heavy atom. The molecule has 9 heteroatoms. The van der Waals surface area contributed by atoms with Crippen LogP contribution in [0.3, 0.4) is 0 Å². The van der Waals surface area contributed by atoms with Crippen LogP contribution in [0.2, 0.25) is 0 Å². The van der Waals surface area contributed by atoms with E-state index in [0.29, 0.717) is 10.6 Å². The summed E-state index contributed by atoms with van der Waals surface area (Å²) in [5, 5.41) is 14.0. The first-order valence-electron chi connectivity index (χ1n) is 7.45. The maximum absolute atomic E-state index is 12.7. The number of aromatic nitrogens is 1. The Morgan fingerprint density at radius 1 is 1.27 bits per heavy atom. The minimum absolute atomic E-state index is 0.111. The highest BCUT2D eigenvalue weighted by atomic mass is 32.1. The Labute approximate surface area is 152 Å². The molecule has 3 aromatic rings. The van der Waals surface area contributed by atoms with Crippen LogP contribution in [0.4, 0.5) is 16.5 Å². The molecule has 3 N–H and O–H groups in total. The molecule has 0 saturated carbocycles. The van der Waals surface area contributed by atoms with E-state index in [1.165, 1.54) is 25.3 Å². The summed E-state index contributed by atoms with van der Waals surface area (Å²) in [7, 11) is 1.34. The monoisotopic (exact) mass is 370 g/mol. The molecule has 3 rings (SSSR count). The summed E-state index contributed by atoms with van der Waals surface area (Å²) in [6, 6.07) is 13.4. The first kappa shape index (κ1) is 17.4. The maximum Gasteiger partial charge on any atom is 0.312 e. The van der Waals surface area contributed by atoms with Crippen molar-refractivity contribution in [3.63, 3.8) is 0 Å². The number of anilines is 2. The van der Waals surface area contributed by atoms with E-state index in [0.717, 1.165) is 16.9 Å². The Morgan fingerprint density at radius 2 is 2.00 bits per heavy atom. The lowest BCUT2D eigenvalue weighted by atomic mass is 10.1. The predicted octanol–water partition coefficient (Wildman–Crippen LogP) is 3.56. The number of nitro benzene ring substituents is 1. The number of nitrogen functional groups attached to an aromatic ring is 1. The van der Waals surface area contributed by atoms with Crippen molar-refractivity contribution in [2.75, 3.05) is 18.2 Å². The number of nitrogens with two attached hydrogens (primary N) is 1. The minimum Gasteiger partial charge on any atom is -0.490 e. The molecule has 0 fully saturated rings. The van der Waals surface area contributed by atoms with E-state index in [2.05, 4.69) is 10.3 Å². The standard InChI is InChI=1S/C17H14N4O4S/c1-25-13-8-7-11(9-12(13)21(23)24)19-16(22)15-14(20-17(18)26-15)10-5-3-2-4-6-10/h2-9H,1H3,(H2,18,20)(H,19,22). The van der Waals surface area contributed by atoms with Gasteiger partial charge in [-0.05, 0) is 12.1 Å². The second-order valence-electron chi connectivity index (χ2n) is 5.19. The van der Waals surface area contributed by atoms with E-state index in [9.17, 15) is 14.9 Å². The molecule has 0 saturated heterocycles. The van der Waals surface area contributed by atoms with Gasteiger partial charge in [-0.25, -0.2) is 4.98 Å². The van der Waals surface area contributed by atoms with Crippen molar-refractivity contribution < 1.29 is 14.5 Å². The molecule has 1 heterocycles. The number of carbonyl (C=O) groups is 1. The fourth-order valence-corrected chi connectivity index (χ4v) is 3.13. The Bertz CT molecular complexity index is 972. The largest absolute Gasteiger partial charge is 0.490 e. The quantitative estimate of drug-likeness (QED) is 0.523. The summed E-state index contributed by atoms with van der Waals surface area (Å²) in [6.07, 6.45) is 0. The van der Waals surface area contributed by atoms with Gasteiger partial charge < -0.3 is 15.8 Å². The average molecular weight is 370 g/mol. The van der Waals surface area contributed by atoms with Gasteiger partial charge in [0, 0.05) is 17.3 Å². The SMILES string of the molecule is COc1ccc(NC(=O)c2sc(N)nc2-c2ccccc2)cc1[N+](=O)[O-]. The zero-order valence-electron chi connectivity index (χ0n) is 13.6. The van der Waals surface area contributed by atoms with Crippen molar-refractivity contribution in [1.29, 1.82) is 0 Å². The molecule has 1 amide bonds. The van der Waals surface area contributed by atoms with E-state index in [1.807, 2.05) is 30.3 Å². The molecular weight excluding hydrogens is 356 g/mol. The summed E-state index contributed by atoms with van der Waals surface area (Å²) >= 11 is 1.05. The number of hydrogen-bond donors (Lipinski definition) is 2. The van der Waals surface area contributed by atoms with Crippen LogP contribution in [0.5, 0.6) is 5.75 Å². The highest BCUT2D eigenvalue weighted by Crippen LogP contribution is 2.32. The molecule has 1 aromatic heterocycles. The van der Waals surface area contributed by atoms with E-state index in [-0.39, 0.29) is 22.3 Å². The number of thiazole rings is 1. The van der Waals surface area contributed by atoms with Crippen molar-refractivity contribution in [2.45, 2.75) is 0 Å². The van der Waals surface area contributed by atoms with Gasteiger partial charge >= 0.3 is 5.69 Å². The highest BCUT2D eigenvalue weighted by molar-refractivity contribution is 7.17. The molecular formula is C17H14N4O4S. The topological polar surface area (TPSA) is 120 Å². The lowest BCUT2D eigenvalue weighted by Gasteiger charge is -2.07. The summed E-state index contributed by atoms with van der Waals surface area (Å²) in [6.45, 7) is 0. The van der Waals surface area contributed by atoms with Gasteiger partial charge in [-0.15, -0.1) is 0 Å². The number of ether oxygens (including phenoxy) is 1. The summed E-state index contributed by atoms with van der Waals surface area (Å²) in [4.78, 5) is 27.8. The molecule has 0 unspecified atom stereocenters. The van der Waals surface area contributed by atoms with Crippen LogP contribution < -0.4 is 15.8 Å². The number of hydrogen-bond acceptors (Lipinski definition) is 7. The van der Waals surface area contributed by atoms with Crippen molar-refractivity contribution in [2.24, 2.45) is 0 Å². The summed E-state index contributed by atoms with van der Waals surface area (Å²) in [5.41, 5.74) is 7.03. The van der Waals surface area contributed by atoms with Crippen molar-refractivity contribution >= 4 is 33.8 Å². The van der Waals surface area contributed by atoms with Gasteiger partial charge in [0.1, 0.15) is 4.88 Å². The lowest BCUT2D eigenvalue weighted by molar-refractivity contribution is -0.385. The van der Waals surface area contributed by atoms with Gasteiger partial charge in [-0.2, -0.15) is 0 Å². The molecule has 2 aromatic carbocycles. The van der Waals surface area contributed by atoms with Crippen LogP contribution in [0, 0.1) is 10.1 Å². The van der Waals surface area contributed by atoms with Crippen molar-refractivity contribution in [3.05, 3.63) is 63.5 Å². The minimum atomic E-state index is -0.575. The number of carbonyl (C=O) groups excluding carboxylic acids is 1. The maximum atomic E-state index is 12.7. The molecule has 26 heavy (non-hydrogen) atoms. The predicted molar refractivity (Wildman–Crippen MR) is 99.6 cm³/mol. The van der Waals surface area contributed by atoms with Gasteiger partial charge in [-0.1, -0.05) is 41.7 Å². The van der Waals surface area contributed by atoms with Crippen molar-refractivity contribution in [3.8, 4) is 17.0 Å². The van der Waals surface area contributed by atoms with Crippen LogP contribution >= 0.6 is 11.3 Å². The third-order valence-electron chi connectivity index (χ3n) is 3.53. The van der Waals surface area contributed by atoms with Gasteiger partial charge in [0.05, 0.1) is 17.7 Å². The molecule has 132 valence electrons. The van der Waals surface area contributed by atoms with E-state index < -0.39 is 10.8 Å². The Kier molecular flexibility index (Phi) is 4.81. The molecule has 0 aliphatic heterocycles. The molecule has 0 bridgehead atoms. The van der Waals surface area contributed by atoms with Gasteiger partial charge in [0.2, 0.25) is 0 Å². The molecule has 8 nitrogen and oxygen atoms in total. The zero-order chi connectivity index (χ0) is 18.7. The number of benzene rings is 2. The lowest BCUT2D eigenvalue weighted by Crippen LogP contribution is -2.11.